The summed E-state index contributed by atoms with van der Waals surface area (Å²) >= 11 is 0. The molecular weight excluding hydrogens is 278 g/mol. The number of methoxy groups -OCH3 is 1. The van der Waals surface area contributed by atoms with Crippen molar-refractivity contribution in [2.45, 2.75) is 6.92 Å². The Labute approximate surface area is 128 Å². The molecule has 0 atom stereocenters. The van der Waals surface area contributed by atoms with Crippen LogP contribution >= 0.6 is 0 Å². The van der Waals surface area contributed by atoms with E-state index in [1.807, 2.05) is 55.5 Å². The molecule has 0 aromatic heterocycles. The van der Waals surface area contributed by atoms with E-state index in [1.165, 1.54) is 0 Å². The molecule has 2 aromatic rings. The van der Waals surface area contributed by atoms with Gasteiger partial charge in [-0.05, 0) is 37.3 Å². The standard InChI is InChI=1S/C18H15NO3/c1-12-8-9-16(21-2)14(10-12)11-15-18(20)22-17(19-15)13-6-4-3-5-7-13/h3-11H,1-2H3/b15-11+. The summed E-state index contributed by atoms with van der Waals surface area (Å²) < 4.78 is 10.6. The molecule has 4 nitrogen and oxygen atoms in total. The first-order chi connectivity index (χ1) is 10.7. The molecule has 22 heavy (non-hydrogen) atoms. The molecule has 0 amide bonds. The molecular formula is C18H15NO3. The van der Waals surface area contributed by atoms with Gasteiger partial charge in [0, 0.05) is 11.1 Å². The molecule has 1 aliphatic heterocycles. The van der Waals surface area contributed by atoms with Gasteiger partial charge in [0.2, 0.25) is 5.90 Å². The van der Waals surface area contributed by atoms with Crippen LogP contribution in [-0.4, -0.2) is 19.0 Å². The van der Waals surface area contributed by atoms with Crippen molar-refractivity contribution in [3.8, 4) is 5.75 Å². The molecule has 1 aliphatic rings. The number of carbonyl (C=O) groups excluding carboxylic acids is 1. The highest BCUT2D eigenvalue weighted by atomic mass is 16.6. The number of ether oxygens (including phenoxy) is 2. The highest BCUT2D eigenvalue weighted by Crippen LogP contribution is 2.25. The van der Waals surface area contributed by atoms with Gasteiger partial charge in [-0.3, -0.25) is 0 Å². The third-order valence-electron chi connectivity index (χ3n) is 3.32. The summed E-state index contributed by atoms with van der Waals surface area (Å²) in [7, 11) is 1.60. The number of carbonyl (C=O) groups is 1. The van der Waals surface area contributed by atoms with Crippen molar-refractivity contribution in [3.63, 3.8) is 0 Å². The number of benzene rings is 2. The maximum atomic E-state index is 12.0. The fourth-order valence-corrected chi connectivity index (χ4v) is 2.23. The van der Waals surface area contributed by atoms with Crippen molar-refractivity contribution in [1.29, 1.82) is 0 Å². The quantitative estimate of drug-likeness (QED) is 0.644. The zero-order valence-electron chi connectivity index (χ0n) is 12.4. The van der Waals surface area contributed by atoms with Gasteiger partial charge in [0.05, 0.1) is 7.11 Å². The van der Waals surface area contributed by atoms with Crippen LogP contribution in [0.3, 0.4) is 0 Å². The number of hydrogen-bond donors (Lipinski definition) is 0. The van der Waals surface area contributed by atoms with Crippen molar-refractivity contribution in [2.24, 2.45) is 4.99 Å². The monoisotopic (exact) mass is 293 g/mol. The smallest absolute Gasteiger partial charge is 0.363 e. The number of aliphatic imine (C=N–C) groups is 1. The Morgan fingerprint density at radius 1 is 1.14 bits per heavy atom. The Balaban J connectivity index is 2.00. The predicted molar refractivity (Wildman–Crippen MR) is 84.8 cm³/mol. The summed E-state index contributed by atoms with van der Waals surface area (Å²) in [5.74, 6) is 0.556. The van der Waals surface area contributed by atoms with Crippen LogP contribution < -0.4 is 4.74 Å². The van der Waals surface area contributed by atoms with Gasteiger partial charge in [-0.1, -0.05) is 29.8 Å². The fraction of sp³-hybridized carbons (Fsp3) is 0.111. The molecule has 0 radical (unpaired) electrons. The molecule has 0 fully saturated rings. The van der Waals surface area contributed by atoms with Gasteiger partial charge in [0.1, 0.15) is 5.75 Å². The van der Waals surface area contributed by atoms with E-state index in [0.29, 0.717) is 11.6 Å². The highest BCUT2D eigenvalue weighted by molar-refractivity contribution is 6.12. The Hall–Kier alpha value is -2.88. The minimum atomic E-state index is -0.456. The van der Waals surface area contributed by atoms with Gasteiger partial charge >= 0.3 is 5.97 Å². The third-order valence-corrected chi connectivity index (χ3v) is 3.32. The van der Waals surface area contributed by atoms with Crippen LogP contribution in [0.25, 0.3) is 6.08 Å². The van der Waals surface area contributed by atoms with Gasteiger partial charge < -0.3 is 9.47 Å². The summed E-state index contributed by atoms with van der Waals surface area (Å²) in [6.07, 6.45) is 1.68. The average molecular weight is 293 g/mol. The third kappa shape index (κ3) is 2.76. The Kier molecular flexibility index (Phi) is 3.74. The van der Waals surface area contributed by atoms with Crippen molar-refractivity contribution in [3.05, 3.63) is 70.9 Å². The summed E-state index contributed by atoms with van der Waals surface area (Å²) in [5.41, 5.74) is 2.91. The van der Waals surface area contributed by atoms with E-state index in [0.717, 1.165) is 16.7 Å². The topological polar surface area (TPSA) is 47.9 Å². The number of hydrogen-bond acceptors (Lipinski definition) is 4. The zero-order chi connectivity index (χ0) is 15.5. The number of nitrogens with zero attached hydrogens (tertiary/aromatic N) is 1. The molecule has 0 N–H and O–H groups in total. The van der Waals surface area contributed by atoms with E-state index < -0.39 is 5.97 Å². The maximum Gasteiger partial charge on any atom is 0.363 e. The second-order valence-electron chi connectivity index (χ2n) is 4.95. The van der Waals surface area contributed by atoms with Gasteiger partial charge in [0.25, 0.3) is 0 Å². The lowest BCUT2D eigenvalue weighted by Gasteiger charge is -2.05. The second kappa shape index (κ2) is 5.85. The lowest BCUT2D eigenvalue weighted by molar-refractivity contribution is -0.129. The number of rotatable bonds is 3. The van der Waals surface area contributed by atoms with Crippen LogP contribution in [0.4, 0.5) is 0 Å². The summed E-state index contributed by atoms with van der Waals surface area (Å²) in [4.78, 5) is 16.3. The zero-order valence-corrected chi connectivity index (χ0v) is 12.4. The summed E-state index contributed by atoms with van der Waals surface area (Å²) in [6.45, 7) is 1.98. The van der Waals surface area contributed by atoms with Crippen molar-refractivity contribution >= 4 is 17.9 Å². The van der Waals surface area contributed by atoms with Gasteiger partial charge in [-0.2, -0.15) is 0 Å². The van der Waals surface area contributed by atoms with Gasteiger partial charge in [-0.25, -0.2) is 9.79 Å². The molecule has 0 spiro atoms. The van der Waals surface area contributed by atoms with E-state index in [1.54, 1.807) is 13.2 Å². The van der Waals surface area contributed by atoms with Crippen LogP contribution in [0.15, 0.2) is 59.2 Å². The van der Waals surface area contributed by atoms with E-state index in [-0.39, 0.29) is 5.70 Å². The highest BCUT2D eigenvalue weighted by Gasteiger charge is 2.24. The number of esters is 1. The van der Waals surface area contributed by atoms with E-state index in [2.05, 4.69) is 4.99 Å². The van der Waals surface area contributed by atoms with Crippen molar-refractivity contribution < 1.29 is 14.3 Å². The van der Waals surface area contributed by atoms with Crippen molar-refractivity contribution in [1.82, 2.24) is 0 Å². The van der Waals surface area contributed by atoms with Crippen LogP contribution in [0.5, 0.6) is 5.75 Å². The van der Waals surface area contributed by atoms with Gasteiger partial charge in [-0.15, -0.1) is 0 Å². The van der Waals surface area contributed by atoms with Crippen LogP contribution in [0, 0.1) is 6.92 Å². The molecule has 110 valence electrons. The Morgan fingerprint density at radius 3 is 2.64 bits per heavy atom. The second-order valence-corrected chi connectivity index (χ2v) is 4.95. The first kappa shape index (κ1) is 14.1. The van der Waals surface area contributed by atoms with Crippen LogP contribution in [0.2, 0.25) is 0 Å². The Bertz CT molecular complexity index is 776. The molecule has 2 aromatic carbocycles. The largest absolute Gasteiger partial charge is 0.496 e. The van der Waals surface area contributed by atoms with Crippen LogP contribution in [0.1, 0.15) is 16.7 Å². The minimum Gasteiger partial charge on any atom is -0.496 e. The molecule has 0 unspecified atom stereocenters. The maximum absolute atomic E-state index is 12.0. The molecule has 0 aliphatic carbocycles. The predicted octanol–water partition coefficient (Wildman–Crippen LogP) is 3.35. The summed E-state index contributed by atoms with van der Waals surface area (Å²) in [5, 5.41) is 0. The normalized spacial score (nSPS) is 15.6. The van der Waals surface area contributed by atoms with Crippen molar-refractivity contribution in [2.75, 3.05) is 7.11 Å². The molecule has 3 rings (SSSR count). The molecule has 4 heteroatoms. The molecule has 0 saturated heterocycles. The van der Waals surface area contributed by atoms with E-state index in [9.17, 15) is 4.79 Å². The minimum absolute atomic E-state index is 0.266. The number of aryl methyl sites for hydroxylation is 1. The molecule has 0 bridgehead atoms. The molecule has 1 heterocycles. The van der Waals surface area contributed by atoms with Crippen LogP contribution in [-0.2, 0) is 9.53 Å². The lowest BCUT2D eigenvalue weighted by atomic mass is 10.1. The van der Waals surface area contributed by atoms with E-state index in [4.69, 9.17) is 9.47 Å². The lowest BCUT2D eigenvalue weighted by Crippen LogP contribution is -2.05. The van der Waals surface area contributed by atoms with E-state index >= 15 is 0 Å². The first-order valence-electron chi connectivity index (χ1n) is 6.90. The average Bonchev–Trinajstić information content (AvgIpc) is 2.90. The SMILES string of the molecule is COc1ccc(C)cc1/C=C1/N=C(c2ccccc2)OC1=O. The van der Waals surface area contributed by atoms with Gasteiger partial charge in [0.15, 0.2) is 5.70 Å². The Morgan fingerprint density at radius 2 is 1.91 bits per heavy atom. The molecule has 0 saturated carbocycles. The number of cyclic esters (lactones) is 1. The first-order valence-corrected chi connectivity index (χ1v) is 6.90. The fourth-order valence-electron chi connectivity index (χ4n) is 2.23. The summed E-state index contributed by atoms with van der Waals surface area (Å²) in [6, 6.07) is 15.1.